The Hall–Kier alpha value is -0.0800. The number of nitrogens with zero attached hydrogens (tertiary/aromatic N) is 1. The van der Waals surface area contributed by atoms with Crippen molar-refractivity contribution in [3.05, 3.63) is 0 Å². The van der Waals surface area contributed by atoms with Crippen LogP contribution in [0.3, 0.4) is 0 Å². The summed E-state index contributed by atoms with van der Waals surface area (Å²) in [5.74, 6) is 2.06. The Morgan fingerprint density at radius 2 is 1.92 bits per heavy atom. The lowest BCUT2D eigenvalue weighted by Gasteiger charge is -2.15. The average Bonchev–Trinajstić information content (AvgIpc) is 2.58. The molecule has 0 unspecified atom stereocenters. The van der Waals surface area contributed by atoms with Crippen LogP contribution in [0.4, 0.5) is 0 Å². The van der Waals surface area contributed by atoms with Gasteiger partial charge in [0.2, 0.25) is 0 Å². The van der Waals surface area contributed by atoms with Crippen LogP contribution in [0.25, 0.3) is 0 Å². The molecule has 0 radical (unpaired) electrons. The van der Waals surface area contributed by atoms with Crippen molar-refractivity contribution in [3.8, 4) is 0 Å². The number of hydrogen-bond acceptors (Lipinski definition) is 2. The SMILES string of the molecule is COCCN1C[C@H]2CCC[C@H]2C1. The minimum atomic E-state index is 0.902. The van der Waals surface area contributed by atoms with Gasteiger partial charge in [0.25, 0.3) is 0 Å². The highest BCUT2D eigenvalue weighted by Gasteiger charge is 2.35. The van der Waals surface area contributed by atoms with Crippen molar-refractivity contribution in [1.82, 2.24) is 4.90 Å². The Morgan fingerprint density at radius 1 is 1.25 bits per heavy atom. The van der Waals surface area contributed by atoms with Gasteiger partial charge in [-0.05, 0) is 24.7 Å². The molecule has 2 fully saturated rings. The van der Waals surface area contributed by atoms with Gasteiger partial charge in [-0.3, -0.25) is 0 Å². The maximum absolute atomic E-state index is 5.08. The minimum absolute atomic E-state index is 0.902. The van der Waals surface area contributed by atoms with Crippen molar-refractivity contribution in [3.63, 3.8) is 0 Å². The largest absolute Gasteiger partial charge is 0.383 e. The first-order chi connectivity index (χ1) is 5.90. The lowest BCUT2D eigenvalue weighted by molar-refractivity contribution is 0.156. The summed E-state index contributed by atoms with van der Waals surface area (Å²) in [5, 5.41) is 0. The van der Waals surface area contributed by atoms with Gasteiger partial charge in [-0.1, -0.05) is 6.42 Å². The predicted molar refractivity (Wildman–Crippen MR) is 49.1 cm³/mol. The van der Waals surface area contributed by atoms with Gasteiger partial charge >= 0.3 is 0 Å². The number of methoxy groups -OCH3 is 1. The molecule has 0 aromatic carbocycles. The first-order valence-electron chi connectivity index (χ1n) is 5.11. The summed E-state index contributed by atoms with van der Waals surface area (Å²) >= 11 is 0. The second-order valence-electron chi connectivity index (χ2n) is 4.20. The summed E-state index contributed by atoms with van der Waals surface area (Å²) in [6, 6.07) is 0. The third-order valence-electron chi connectivity index (χ3n) is 3.41. The molecule has 2 atom stereocenters. The highest BCUT2D eigenvalue weighted by atomic mass is 16.5. The third-order valence-corrected chi connectivity index (χ3v) is 3.41. The van der Waals surface area contributed by atoms with Crippen molar-refractivity contribution >= 4 is 0 Å². The highest BCUT2D eigenvalue weighted by Crippen LogP contribution is 2.37. The van der Waals surface area contributed by atoms with Crippen LogP contribution in [0.5, 0.6) is 0 Å². The number of ether oxygens (including phenoxy) is 1. The Balaban J connectivity index is 1.75. The van der Waals surface area contributed by atoms with E-state index in [-0.39, 0.29) is 0 Å². The average molecular weight is 169 g/mol. The molecule has 12 heavy (non-hydrogen) atoms. The Kier molecular flexibility index (Phi) is 2.66. The molecule has 1 heterocycles. The summed E-state index contributed by atoms with van der Waals surface area (Å²) in [6.07, 6.45) is 4.44. The first kappa shape index (κ1) is 8.52. The monoisotopic (exact) mass is 169 g/mol. The maximum Gasteiger partial charge on any atom is 0.0589 e. The van der Waals surface area contributed by atoms with Crippen molar-refractivity contribution < 1.29 is 4.74 Å². The summed E-state index contributed by atoms with van der Waals surface area (Å²) < 4.78 is 5.08. The summed E-state index contributed by atoms with van der Waals surface area (Å²) in [6.45, 7) is 4.73. The molecule has 1 saturated carbocycles. The fourth-order valence-corrected chi connectivity index (χ4v) is 2.74. The zero-order valence-corrected chi connectivity index (χ0v) is 7.96. The topological polar surface area (TPSA) is 12.5 Å². The molecule has 0 aromatic rings. The number of fused-ring (bicyclic) bond motifs is 1. The van der Waals surface area contributed by atoms with Gasteiger partial charge in [-0.15, -0.1) is 0 Å². The quantitative estimate of drug-likeness (QED) is 0.632. The Bertz CT molecular complexity index is 137. The van der Waals surface area contributed by atoms with E-state index in [0.717, 1.165) is 25.0 Å². The lowest BCUT2D eigenvalue weighted by Crippen LogP contribution is -2.25. The van der Waals surface area contributed by atoms with Gasteiger partial charge in [-0.25, -0.2) is 0 Å². The maximum atomic E-state index is 5.08. The van der Waals surface area contributed by atoms with Crippen LogP contribution < -0.4 is 0 Å². The van der Waals surface area contributed by atoms with Gasteiger partial charge in [0, 0.05) is 26.7 Å². The second kappa shape index (κ2) is 3.75. The molecule has 1 aliphatic carbocycles. The fraction of sp³-hybridized carbons (Fsp3) is 1.00. The molecule has 70 valence electrons. The van der Waals surface area contributed by atoms with E-state index in [1.165, 1.54) is 32.4 Å². The summed E-state index contributed by atoms with van der Waals surface area (Å²) in [4.78, 5) is 2.57. The number of likely N-dealkylation sites (tertiary alicyclic amines) is 1. The second-order valence-corrected chi connectivity index (χ2v) is 4.20. The van der Waals surface area contributed by atoms with Crippen molar-refractivity contribution in [2.45, 2.75) is 19.3 Å². The van der Waals surface area contributed by atoms with Crippen molar-refractivity contribution in [1.29, 1.82) is 0 Å². The van der Waals surface area contributed by atoms with E-state index in [1.807, 2.05) is 0 Å². The molecule has 0 bridgehead atoms. The van der Waals surface area contributed by atoms with Crippen LogP contribution in [0.2, 0.25) is 0 Å². The molecule has 0 spiro atoms. The van der Waals surface area contributed by atoms with E-state index >= 15 is 0 Å². The van der Waals surface area contributed by atoms with Gasteiger partial charge in [0.05, 0.1) is 6.61 Å². The van der Waals surface area contributed by atoms with E-state index in [4.69, 9.17) is 4.74 Å². The van der Waals surface area contributed by atoms with E-state index in [9.17, 15) is 0 Å². The van der Waals surface area contributed by atoms with Crippen LogP contribution in [-0.2, 0) is 4.74 Å². The number of rotatable bonds is 3. The van der Waals surface area contributed by atoms with E-state index in [0.29, 0.717) is 0 Å². The molecule has 0 aromatic heterocycles. The van der Waals surface area contributed by atoms with E-state index < -0.39 is 0 Å². The number of hydrogen-bond donors (Lipinski definition) is 0. The highest BCUT2D eigenvalue weighted by molar-refractivity contribution is 4.88. The van der Waals surface area contributed by atoms with E-state index in [2.05, 4.69) is 4.90 Å². The first-order valence-corrected chi connectivity index (χ1v) is 5.11. The molecule has 1 saturated heterocycles. The molecular weight excluding hydrogens is 150 g/mol. The van der Waals surface area contributed by atoms with Crippen LogP contribution in [0, 0.1) is 11.8 Å². The van der Waals surface area contributed by atoms with Gasteiger partial charge < -0.3 is 9.64 Å². The third kappa shape index (κ3) is 1.64. The Morgan fingerprint density at radius 3 is 2.50 bits per heavy atom. The molecular formula is C10H19NO. The molecule has 1 aliphatic heterocycles. The normalized spacial score (nSPS) is 35.8. The zero-order chi connectivity index (χ0) is 8.39. The molecule has 0 N–H and O–H groups in total. The summed E-state index contributed by atoms with van der Waals surface area (Å²) in [7, 11) is 1.79. The van der Waals surface area contributed by atoms with Gasteiger partial charge in [0.1, 0.15) is 0 Å². The lowest BCUT2D eigenvalue weighted by atomic mass is 10.0. The van der Waals surface area contributed by atoms with Gasteiger partial charge in [0.15, 0.2) is 0 Å². The molecule has 2 nitrogen and oxygen atoms in total. The fourth-order valence-electron chi connectivity index (χ4n) is 2.74. The van der Waals surface area contributed by atoms with Gasteiger partial charge in [-0.2, -0.15) is 0 Å². The standard InChI is InChI=1S/C10H19NO/c1-12-6-5-11-7-9-3-2-4-10(9)8-11/h9-10H,2-8H2,1H3/t9-,10+. The molecule has 2 aliphatic rings. The molecule has 2 heteroatoms. The molecule has 2 rings (SSSR count). The van der Waals surface area contributed by atoms with Crippen molar-refractivity contribution in [2.75, 3.05) is 33.4 Å². The zero-order valence-electron chi connectivity index (χ0n) is 7.96. The predicted octanol–water partition coefficient (Wildman–Crippen LogP) is 1.36. The van der Waals surface area contributed by atoms with Crippen molar-refractivity contribution in [2.24, 2.45) is 11.8 Å². The summed E-state index contributed by atoms with van der Waals surface area (Å²) in [5.41, 5.74) is 0. The van der Waals surface area contributed by atoms with Crippen LogP contribution >= 0.6 is 0 Å². The minimum Gasteiger partial charge on any atom is -0.383 e. The van der Waals surface area contributed by atoms with Crippen LogP contribution in [0.1, 0.15) is 19.3 Å². The van der Waals surface area contributed by atoms with Crippen LogP contribution in [-0.4, -0.2) is 38.3 Å². The smallest absolute Gasteiger partial charge is 0.0589 e. The van der Waals surface area contributed by atoms with Crippen LogP contribution in [0.15, 0.2) is 0 Å². The van der Waals surface area contributed by atoms with E-state index in [1.54, 1.807) is 7.11 Å². The Labute approximate surface area is 74.9 Å². The molecule has 0 amide bonds.